The zero-order valence-electron chi connectivity index (χ0n) is 8.84. The minimum absolute atomic E-state index is 0.486. The van der Waals surface area contributed by atoms with Gasteiger partial charge in [0.15, 0.2) is 0 Å². The van der Waals surface area contributed by atoms with E-state index in [-0.39, 0.29) is 0 Å². The number of benzene rings is 1. The van der Waals surface area contributed by atoms with Gasteiger partial charge in [-0.05, 0) is 43.0 Å². The van der Waals surface area contributed by atoms with Gasteiger partial charge in [0, 0.05) is 12.7 Å². The first-order valence-electron chi connectivity index (χ1n) is 5.31. The quantitative estimate of drug-likeness (QED) is 0.790. The Hall–Kier alpha value is -1.18. The molecule has 0 unspecified atom stereocenters. The summed E-state index contributed by atoms with van der Waals surface area (Å²) in [6.45, 7) is 2.16. The van der Waals surface area contributed by atoms with Crippen molar-refractivity contribution in [3.05, 3.63) is 23.8 Å². The molecule has 0 aromatic heterocycles. The predicted molar refractivity (Wildman–Crippen MR) is 59.0 cm³/mol. The molecule has 0 atom stereocenters. The number of nitrogens with one attached hydrogen (secondary N) is 1. The number of ether oxygens (including phenoxy) is 1. The standard InChI is InChI=1S/C12H17NO/c1-3-9-8-11(14-10-4-5-10)6-7-12(9)13-2/h6-8,10,13H,3-5H2,1-2H3. The van der Waals surface area contributed by atoms with Crippen LogP contribution < -0.4 is 10.1 Å². The van der Waals surface area contributed by atoms with E-state index in [1.54, 1.807) is 0 Å². The monoisotopic (exact) mass is 191 g/mol. The number of aryl methyl sites for hydroxylation is 1. The van der Waals surface area contributed by atoms with Crippen molar-refractivity contribution in [1.82, 2.24) is 0 Å². The van der Waals surface area contributed by atoms with Gasteiger partial charge in [-0.15, -0.1) is 0 Å². The lowest BCUT2D eigenvalue weighted by Gasteiger charge is -2.10. The van der Waals surface area contributed by atoms with Gasteiger partial charge < -0.3 is 10.1 Å². The molecule has 14 heavy (non-hydrogen) atoms. The molecular weight excluding hydrogens is 174 g/mol. The topological polar surface area (TPSA) is 21.3 Å². The molecule has 1 aliphatic carbocycles. The molecule has 76 valence electrons. The van der Waals surface area contributed by atoms with Crippen LogP contribution in [0.3, 0.4) is 0 Å². The second-order valence-electron chi connectivity index (χ2n) is 3.74. The summed E-state index contributed by atoms with van der Waals surface area (Å²) >= 11 is 0. The second-order valence-corrected chi connectivity index (χ2v) is 3.74. The highest BCUT2D eigenvalue weighted by Crippen LogP contribution is 2.29. The Kier molecular flexibility index (Phi) is 2.62. The maximum Gasteiger partial charge on any atom is 0.120 e. The van der Waals surface area contributed by atoms with E-state index in [1.807, 2.05) is 13.1 Å². The van der Waals surface area contributed by atoms with Crippen molar-refractivity contribution in [1.29, 1.82) is 0 Å². The molecule has 0 saturated heterocycles. The fraction of sp³-hybridized carbons (Fsp3) is 0.500. The van der Waals surface area contributed by atoms with Crippen LogP contribution in [0.25, 0.3) is 0 Å². The van der Waals surface area contributed by atoms with Gasteiger partial charge in [-0.3, -0.25) is 0 Å². The van der Waals surface area contributed by atoms with E-state index in [4.69, 9.17) is 4.74 Å². The first-order valence-corrected chi connectivity index (χ1v) is 5.31. The van der Waals surface area contributed by atoms with E-state index in [9.17, 15) is 0 Å². The third kappa shape index (κ3) is 2.00. The third-order valence-electron chi connectivity index (χ3n) is 2.55. The van der Waals surface area contributed by atoms with E-state index >= 15 is 0 Å². The van der Waals surface area contributed by atoms with Crippen LogP contribution in [-0.2, 0) is 6.42 Å². The molecule has 2 rings (SSSR count). The van der Waals surface area contributed by atoms with Crippen LogP contribution in [0.2, 0.25) is 0 Å². The summed E-state index contributed by atoms with van der Waals surface area (Å²) in [6.07, 6.45) is 3.96. The Morgan fingerprint density at radius 3 is 2.79 bits per heavy atom. The number of anilines is 1. The van der Waals surface area contributed by atoms with Gasteiger partial charge in [0.25, 0.3) is 0 Å². The maximum atomic E-state index is 5.74. The van der Waals surface area contributed by atoms with E-state index < -0.39 is 0 Å². The SMILES string of the molecule is CCc1cc(OC2CC2)ccc1NC. The largest absolute Gasteiger partial charge is 0.490 e. The molecule has 1 saturated carbocycles. The smallest absolute Gasteiger partial charge is 0.120 e. The van der Waals surface area contributed by atoms with E-state index in [0.29, 0.717) is 6.10 Å². The van der Waals surface area contributed by atoms with Crippen LogP contribution in [-0.4, -0.2) is 13.2 Å². The van der Waals surface area contributed by atoms with Crippen molar-refractivity contribution in [3.8, 4) is 5.75 Å². The highest BCUT2D eigenvalue weighted by Gasteiger charge is 2.23. The van der Waals surface area contributed by atoms with Crippen LogP contribution in [0, 0.1) is 0 Å². The Bertz CT molecular complexity index is 318. The first-order chi connectivity index (χ1) is 6.83. The second kappa shape index (κ2) is 3.91. The number of hydrogen-bond acceptors (Lipinski definition) is 2. The van der Waals surface area contributed by atoms with Gasteiger partial charge in [-0.25, -0.2) is 0 Å². The van der Waals surface area contributed by atoms with Gasteiger partial charge >= 0.3 is 0 Å². The molecule has 1 aliphatic rings. The molecule has 0 heterocycles. The fourth-order valence-electron chi connectivity index (χ4n) is 1.56. The Morgan fingerprint density at radius 1 is 1.43 bits per heavy atom. The summed E-state index contributed by atoms with van der Waals surface area (Å²) in [4.78, 5) is 0. The Morgan fingerprint density at radius 2 is 2.21 bits per heavy atom. The Balaban J connectivity index is 2.16. The van der Waals surface area contributed by atoms with Gasteiger partial charge in [0.05, 0.1) is 6.10 Å². The lowest BCUT2D eigenvalue weighted by molar-refractivity contribution is 0.303. The normalized spacial score (nSPS) is 15.3. The summed E-state index contributed by atoms with van der Waals surface area (Å²) in [5.41, 5.74) is 2.53. The molecule has 1 aromatic carbocycles. The van der Waals surface area contributed by atoms with E-state index in [0.717, 1.165) is 12.2 Å². The summed E-state index contributed by atoms with van der Waals surface area (Å²) in [5, 5.41) is 3.19. The molecule has 0 bridgehead atoms. The van der Waals surface area contributed by atoms with Crippen LogP contribution in [0.15, 0.2) is 18.2 Å². The summed E-state index contributed by atoms with van der Waals surface area (Å²) in [6, 6.07) is 6.28. The van der Waals surface area contributed by atoms with Gasteiger partial charge in [0.1, 0.15) is 5.75 Å². The van der Waals surface area contributed by atoms with E-state index in [2.05, 4.69) is 24.4 Å². The molecule has 1 fully saturated rings. The van der Waals surface area contributed by atoms with Crippen LogP contribution in [0.5, 0.6) is 5.75 Å². The summed E-state index contributed by atoms with van der Waals surface area (Å²) in [5.74, 6) is 1.02. The van der Waals surface area contributed by atoms with E-state index in [1.165, 1.54) is 24.1 Å². The lowest BCUT2D eigenvalue weighted by Crippen LogP contribution is -1.99. The average molecular weight is 191 g/mol. The zero-order valence-corrected chi connectivity index (χ0v) is 8.84. The zero-order chi connectivity index (χ0) is 9.97. The molecule has 1 aromatic rings. The minimum atomic E-state index is 0.486. The van der Waals surface area contributed by atoms with Crippen LogP contribution in [0.1, 0.15) is 25.3 Å². The van der Waals surface area contributed by atoms with Crippen molar-refractivity contribution in [2.75, 3.05) is 12.4 Å². The third-order valence-corrected chi connectivity index (χ3v) is 2.55. The molecule has 0 radical (unpaired) electrons. The molecule has 0 aliphatic heterocycles. The molecule has 0 spiro atoms. The van der Waals surface area contributed by atoms with Gasteiger partial charge in [-0.2, -0.15) is 0 Å². The molecule has 1 N–H and O–H groups in total. The molecular formula is C12H17NO. The fourth-order valence-corrected chi connectivity index (χ4v) is 1.56. The molecule has 0 amide bonds. The number of hydrogen-bond donors (Lipinski definition) is 1. The first kappa shape index (κ1) is 9.38. The van der Waals surface area contributed by atoms with Crippen LogP contribution >= 0.6 is 0 Å². The highest BCUT2D eigenvalue weighted by molar-refractivity contribution is 5.53. The van der Waals surface area contributed by atoms with Crippen molar-refractivity contribution in [2.45, 2.75) is 32.3 Å². The Labute approximate surface area is 85.3 Å². The van der Waals surface area contributed by atoms with Crippen molar-refractivity contribution in [3.63, 3.8) is 0 Å². The number of rotatable bonds is 4. The maximum absolute atomic E-state index is 5.74. The average Bonchev–Trinajstić information content (AvgIpc) is 3.01. The lowest BCUT2D eigenvalue weighted by atomic mass is 10.1. The van der Waals surface area contributed by atoms with Crippen molar-refractivity contribution < 1.29 is 4.74 Å². The highest BCUT2D eigenvalue weighted by atomic mass is 16.5. The predicted octanol–water partition coefficient (Wildman–Crippen LogP) is 2.83. The summed E-state index contributed by atoms with van der Waals surface area (Å²) in [7, 11) is 1.95. The summed E-state index contributed by atoms with van der Waals surface area (Å²) < 4.78 is 5.74. The van der Waals surface area contributed by atoms with Gasteiger partial charge in [-0.1, -0.05) is 6.92 Å². The van der Waals surface area contributed by atoms with Crippen molar-refractivity contribution >= 4 is 5.69 Å². The van der Waals surface area contributed by atoms with Crippen LogP contribution in [0.4, 0.5) is 5.69 Å². The van der Waals surface area contributed by atoms with Gasteiger partial charge in [0.2, 0.25) is 0 Å². The van der Waals surface area contributed by atoms with Crippen molar-refractivity contribution in [2.24, 2.45) is 0 Å². The minimum Gasteiger partial charge on any atom is -0.490 e. The molecule has 2 nitrogen and oxygen atoms in total. The molecule has 2 heteroatoms.